The zero-order valence-electron chi connectivity index (χ0n) is 9.09. The van der Waals surface area contributed by atoms with Crippen LogP contribution in [0.25, 0.3) is 0 Å². The molecule has 2 N–H and O–H groups in total. The monoisotopic (exact) mass is 224 g/mol. The highest BCUT2D eigenvalue weighted by Gasteiger charge is 2.30. The fourth-order valence-electron chi connectivity index (χ4n) is 1.86. The van der Waals surface area contributed by atoms with Gasteiger partial charge in [-0.15, -0.1) is 0 Å². The van der Waals surface area contributed by atoms with Crippen LogP contribution >= 0.6 is 11.3 Å². The summed E-state index contributed by atoms with van der Waals surface area (Å²) in [7, 11) is 0. The van der Waals surface area contributed by atoms with Gasteiger partial charge >= 0.3 is 0 Å². The van der Waals surface area contributed by atoms with Gasteiger partial charge in [0.25, 0.3) is 5.91 Å². The molecule has 1 aliphatic rings. The van der Waals surface area contributed by atoms with E-state index in [1.807, 2.05) is 17.7 Å². The highest BCUT2D eigenvalue weighted by atomic mass is 32.1. The number of thiophene rings is 1. The van der Waals surface area contributed by atoms with E-state index in [0.717, 1.165) is 30.6 Å². The van der Waals surface area contributed by atoms with Gasteiger partial charge in [0.15, 0.2) is 0 Å². The summed E-state index contributed by atoms with van der Waals surface area (Å²) in [6, 6.07) is 0. The molecule has 0 spiro atoms. The Kier molecular flexibility index (Phi) is 2.80. The summed E-state index contributed by atoms with van der Waals surface area (Å²) in [5.74, 6) is 0.0555. The molecule has 1 fully saturated rings. The van der Waals surface area contributed by atoms with Crippen LogP contribution in [0, 0.1) is 6.92 Å². The van der Waals surface area contributed by atoms with Gasteiger partial charge in [-0.25, -0.2) is 0 Å². The van der Waals surface area contributed by atoms with Crippen molar-refractivity contribution in [2.24, 2.45) is 0 Å². The quantitative estimate of drug-likeness (QED) is 0.800. The molecular formula is C11H16N2OS. The van der Waals surface area contributed by atoms with Crippen LogP contribution in [0.4, 0.5) is 0 Å². The summed E-state index contributed by atoms with van der Waals surface area (Å²) in [5.41, 5.74) is 1.80. The fourth-order valence-corrected chi connectivity index (χ4v) is 2.69. The Bertz CT molecular complexity index is 366. The van der Waals surface area contributed by atoms with Crippen LogP contribution in [0.15, 0.2) is 10.8 Å². The molecule has 1 aromatic rings. The topological polar surface area (TPSA) is 41.1 Å². The van der Waals surface area contributed by atoms with Gasteiger partial charge in [-0.1, -0.05) is 0 Å². The first-order chi connectivity index (χ1) is 7.11. The van der Waals surface area contributed by atoms with Gasteiger partial charge in [-0.05, 0) is 37.8 Å². The third-order valence-corrected chi connectivity index (χ3v) is 3.75. The first-order valence-corrected chi connectivity index (χ1v) is 6.11. The first-order valence-electron chi connectivity index (χ1n) is 5.17. The van der Waals surface area contributed by atoms with E-state index < -0.39 is 0 Å². The zero-order valence-corrected chi connectivity index (χ0v) is 9.91. The molecule has 82 valence electrons. The van der Waals surface area contributed by atoms with Crippen molar-refractivity contribution < 1.29 is 4.79 Å². The third-order valence-electron chi connectivity index (χ3n) is 2.88. The number of carbonyl (C=O) groups excluding carboxylic acids is 1. The molecule has 2 rings (SSSR count). The Hall–Kier alpha value is -0.870. The third kappa shape index (κ3) is 2.21. The predicted octanol–water partition coefficient (Wildman–Crippen LogP) is 1.54. The number of nitrogens with one attached hydrogen (secondary N) is 2. The maximum atomic E-state index is 12.0. The van der Waals surface area contributed by atoms with E-state index in [2.05, 4.69) is 17.6 Å². The normalized spacial score (nSPS) is 25.5. The minimum Gasteiger partial charge on any atom is -0.346 e. The largest absolute Gasteiger partial charge is 0.346 e. The van der Waals surface area contributed by atoms with Crippen molar-refractivity contribution in [2.45, 2.75) is 25.8 Å². The van der Waals surface area contributed by atoms with E-state index >= 15 is 0 Å². The van der Waals surface area contributed by atoms with Crippen LogP contribution < -0.4 is 10.6 Å². The number of amides is 1. The summed E-state index contributed by atoms with van der Waals surface area (Å²) >= 11 is 1.57. The minimum absolute atomic E-state index is 0.0555. The summed E-state index contributed by atoms with van der Waals surface area (Å²) in [6.45, 7) is 5.91. The molecule has 15 heavy (non-hydrogen) atoms. The molecule has 1 unspecified atom stereocenters. The molecule has 1 aliphatic heterocycles. The van der Waals surface area contributed by atoms with Crippen LogP contribution in [0.2, 0.25) is 0 Å². The van der Waals surface area contributed by atoms with Crippen LogP contribution in [-0.4, -0.2) is 24.5 Å². The van der Waals surface area contributed by atoms with E-state index in [1.54, 1.807) is 11.3 Å². The molecule has 0 saturated carbocycles. The molecule has 0 bridgehead atoms. The van der Waals surface area contributed by atoms with E-state index in [1.165, 1.54) is 0 Å². The molecule has 3 nitrogen and oxygen atoms in total. The highest BCUT2D eigenvalue weighted by molar-refractivity contribution is 7.08. The standard InChI is InChI=1S/C11H16N2OS/c1-8-5-15-6-9(8)10(14)13-11(2)3-4-12-7-11/h5-6,12H,3-4,7H2,1-2H3,(H,13,14). The molecule has 1 atom stereocenters. The molecule has 1 amide bonds. The number of hydrogen-bond acceptors (Lipinski definition) is 3. The maximum Gasteiger partial charge on any atom is 0.252 e. The lowest BCUT2D eigenvalue weighted by molar-refractivity contribution is 0.0913. The van der Waals surface area contributed by atoms with Gasteiger partial charge in [-0.2, -0.15) is 11.3 Å². The van der Waals surface area contributed by atoms with E-state index in [9.17, 15) is 4.79 Å². The Labute approximate surface area is 93.9 Å². The van der Waals surface area contributed by atoms with Crippen LogP contribution in [0.1, 0.15) is 29.3 Å². The van der Waals surface area contributed by atoms with E-state index in [4.69, 9.17) is 0 Å². The smallest absolute Gasteiger partial charge is 0.252 e. The summed E-state index contributed by atoms with van der Waals surface area (Å²) in [5, 5.41) is 10.3. The van der Waals surface area contributed by atoms with Crippen molar-refractivity contribution in [1.82, 2.24) is 10.6 Å². The molecule has 1 saturated heterocycles. The molecule has 4 heteroatoms. The number of aryl methyl sites for hydroxylation is 1. The van der Waals surface area contributed by atoms with Gasteiger partial charge in [-0.3, -0.25) is 4.79 Å². The Morgan fingerprint density at radius 3 is 2.93 bits per heavy atom. The van der Waals surface area contributed by atoms with Gasteiger partial charge < -0.3 is 10.6 Å². The Balaban J connectivity index is 2.07. The van der Waals surface area contributed by atoms with E-state index in [0.29, 0.717) is 0 Å². The maximum absolute atomic E-state index is 12.0. The lowest BCUT2D eigenvalue weighted by atomic mass is 10.0. The lowest BCUT2D eigenvalue weighted by Crippen LogP contribution is -2.47. The van der Waals surface area contributed by atoms with Crippen molar-refractivity contribution in [3.63, 3.8) is 0 Å². The summed E-state index contributed by atoms with van der Waals surface area (Å²) < 4.78 is 0. The minimum atomic E-state index is -0.0779. The average molecular weight is 224 g/mol. The zero-order chi connectivity index (χ0) is 10.9. The SMILES string of the molecule is Cc1cscc1C(=O)NC1(C)CCNC1. The second kappa shape index (κ2) is 3.94. The van der Waals surface area contributed by atoms with Gasteiger partial charge in [0.2, 0.25) is 0 Å². The number of hydrogen-bond donors (Lipinski definition) is 2. The first kappa shape index (κ1) is 10.6. The molecule has 0 aromatic carbocycles. The van der Waals surface area contributed by atoms with E-state index in [-0.39, 0.29) is 11.4 Å². The summed E-state index contributed by atoms with van der Waals surface area (Å²) in [6.07, 6.45) is 1.00. The second-order valence-corrected chi connectivity index (χ2v) is 5.15. The van der Waals surface area contributed by atoms with Crippen LogP contribution in [-0.2, 0) is 0 Å². The molecule has 2 heterocycles. The predicted molar refractivity (Wildman–Crippen MR) is 62.4 cm³/mol. The molecular weight excluding hydrogens is 208 g/mol. The van der Waals surface area contributed by atoms with Gasteiger partial charge in [0.1, 0.15) is 0 Å². The lowest BCUT2D eigenvalue weighted by Gasteiger charge is -2.24. The Morgan fingerprint density at radius 2 is 2.40 bits per heavy atom. The van der Waals surface area contributed by atoms with Crippen LogP contribution in [0.3, 0.4) is 0 Å². The van der Waals surface area contributed by atoms with Crippen molar-refractivity contribution in [1.29, 1.82) is 0 Å². The average Bonchev–Trinajstić information content (AvgIpc) is 2.74. The van der Waals surface area contributed by atoms with Crippen molar-refractivity contribution in [3.8, 4) is 0 Å². The second-order valence-electron chi connectivity index (χ2n) is 4.41. The molecule has 1 aromatic heterocycles. The highest BCUT2D eigenvalue weighted by Crippen LogP contribution is 2.17. The van der Waals surface area contributed by atoms with Gasteiger partial charge in [0, 0.05) is 11.9 Å². The van der Waals surface area contributed by atoms with Crippen molar-refractivity contribution in [3.05, 3.63) is 21.9 Å². The number of carbonyl (C=O) groups is 1. The molecule has 0 radical (unpaired) electrons. The number of rotatable bonds is 2. The Morgan fingerprint density at radius 1 is 1.60 bits per heavy atom. The molecule has 0 aliphatic carbocycles. The van der Waals surface area contributed by atoms with Gasteiger partial charge in [0.05, 0.1) is 11.1 Å². The van der Waals surface area contributed by atoms with Crippen molar-refractivity contribution >= 4 is 17.2 Å². The fraction of sp³-hybridized carbons (Fsp3) is 0.545. The summed E-state index contributed by atoms with van der Waals surface area (Å²) in [4.78, 5) is 12.0. The van der Waals surface area contributed by atoms with Crippen LogP contribution in [0.5, 0.6) is 0 Å². The van der Waals surface area contributed by atoms with Crippen molar-refractivity contribution in [2.75, 3.05) is 13.1 Å².